The highest BCUT2D eigenvalue weighted by molar-refractivity contribution is 6.35. The molecule has 1 heterocycles. The molecular weight excluding hydrogens is 355 g/mol. The quantitative estimate of drug-likeness (QED) is 0.783. The molecule has 0 aliphatic carbocycles. The first-order chi connectivity index (χ1) is 12.0. The molecule has 1 aliphatic heterocycles. The molecule has 0 saturated heterocycles. The molecule has 2 aromatic rings. The molecule has 3 nitrogen and oxygen atoms in total. The standard InChI is InChI=1S/C20H22Cl2N2O/c1-3-5-20(25)23-15-7-4-6-13(8-15)17-11-24(2)12-18-16(17)9-14(21)10-19(18)22/h4,6-10,17H,3,5,11-12H2,1-2H3,(H,23,25). The maximum Gasteiger partial charge on any atom is 0.224 e. The summed E-state index contributed by atoms with van der Waals surface area (Å²) in [6.07, 6.45) is 1.37. The number of fused-ring (bicyclic) bond motifs is 1. The molecule has 3 rings (SSSR count). The Morgan fingerprint density at radius 2 is 2.08 bits per heavy atom. The van der Waals surface area contributed by atoms with Crippen LogP contribution in [-0.4, -0.2) is 24.4 Å². The minimum absolute atomic E-state index is 0.0481. The summed E-state index contributed by atoms with van der Waals surface area (Å²) in [5.74, 6) is 0.222. The van der Waals surface area contributed by atoms with Crippen LogP contribution in [0.25, 0.3) is 0 Å². The van der Waals surface area contributed by atoms with Crippen molar-refractivity contribution in [2.75, 3.05) is 18.9 Å². The molecule has 1 unspecified atom stereocenters. The second-order valence-electron chi connectivity index (χ2n) is 6.63. The highest BCUT2D eigenvalue weighted by Crippen LogP contribution is 2.38. The van der Waals surface area contributed by atoms with Crippen LogP contribution in [0.5, 0.6) is 0 Å². The Bertz CT molecular complexity index is 791. The van der Waals surface area contributed by atoms with Gasteiger partial charge in [0.2, 0.25) is 5.91 Å². The topological polar surface area (TPSA) is 32.3 Å². The predicted octanol–water partition coefficient (Wildman–Crippen LogP) is 5.31. The second-order valence-corrected chi connectivity index (χ2v) is 7.47. The normalized spacial score (nSPS) is 17.2. The van der Waals surface area contributed by atoms with Crippen molar-refractivity contribution in [1.29, 1.82) is 0 Å². The molecule has 0 bridgehead atoms. The van der Waals surface area contributed by atoms with Crippen LogP contribution in [0.4, 0.5) is 5.69 Å². The van der Waals surface area contributed by atoms with Crippen LogP contribution >= 0.6 is 23.2 Å². The molecule has 132 valence electrons. The van der Waals surface area contributed by atoms with Crippen LogP contribution in [0.1, 0.15) is 42.4 Å². The van der Waals surface area contributed by atoms with Crippen LogP contribution in [0, 0.1) is 0 Å². The largest absolute Gasteiger partial charge is 0.326 e. The fourth-order valence-corrected chi connectivity index (χ4v) is 3.98. The molecule has 0 spiro atoms. The molecule has 0 fully saturated rings. The zero-order valence-corrected chi connectivity index (χ0v) is 16.0. The molecule has 0 aromatic heterocycles. The van der Waals surface area contributed by atoms with Crippen LogP contribution in [-0.2, 0) is 11.3 Å². The zero-order chi connectivity index (χ0) is 18.0. The van der Waals surface area contributed by atoms with E-state index < -0.39 is 0 Å². The van der Waals surface area contributed by atoms with E-state index in [2.05, 4.69) is 29.4 Å². The van der Waals surface area contributed by atoms with Crippen molar-refractivity contribution in [2.45, 2.75) is 32.2 Å². The minimum atomic E-state index is 0.0481. The van der Waals surface area contributed by atoms with E-state index in [0.717, 1.165) is 36.3 Å². The maximum absolute atomic E-state index is 11.9. The zero-order valence-electron chi connectivity index (χ0n) is 14.5. The fourth-order valence-electron chi connectivity index (χ4n) is 3.41. The van der Waals surface area contributed by atoms with Crippen molar-refractivity contribution in [3.8, 4) is 0 Å². The number of likely N-dealkylation sites (N-methyl/N-ethyl adjacent to an activating group) is 1. The Morgan fingerprint density at radius 1 is 1.28 bits per heavy atom. The van der Waals surface area contributed by atoms with Gasteiger partial charge < -0.3 is 10.2 Å². The SMILES string of the molecule is CCCC(=O)Nc1cccc(C2CN(C)Cc3c(Cl)cc(Cl)cc32)c1. The smallest absolute Gasteiger partial charge is 0.224 e. The number of carbonyl (C=O) groups is 1. The van der Waals surface area contributed by atoms with Gasteiger partial charge in [-0.15, -0.1) is 0 Å². The first-order valence-electron chi connectivity index (χ1n) is 8.54. The minimum Gasteiger partial charge on any atom is -0.326 e. The van der Waals surface area contributed by atoms with E-state index in [9.17, 15) is 4.79 Å². The van der Waals surface area contributed by atoms with Gasteiger partial charge in [0.05, 0.1) is 0 Å². The summed E-state index contributed by atoms with van der Waals surface area (Å²) in [4.78, 5) is 14.1. The lowest BCUT2D eigenvalue weighted by Crippen LogP contribution is -2.31. The van der Waals surface area contributed by atoms with Gasteiger partial charge in [0.1, 0.15) is 0 Å². The van der Waals surface area contributed by atoms with Crippen molar-refractivity contribution in [3.05, 3.63) is 63.1 Å². The number of anilines is 1. The number of amides is 1. The van der Waals surface area contributed by atoms with Crippen LogP contribution in [0.3, 0.4) is 0 Å². The summed E-state index contributed by atoms with van der Waals surface area (Å²) in [6.45, 7) is 3.70. The fraction of sp³-hybridized carbons (Fsp3) is 0.350. The van der Waals surface area contributed by atoms with Crippen LogP contribution < -0.4 is 5.32 Å². The number of hydrogen-bond acceptors (Lipinski definition) is 2. The third-order valence-corrected chi connectivity index (χ3v) is 5.10. The van der Waals surface area contributed by atoms with Gasteiger partial charge >= 0.3 is 0 Å². The van der Waals surface area contributed by atoms with Gasteiger partial charge in [0.15, 0.2) is 0 Å². The Labute approximate surface area is 158 Å². The van der Waals surface area contributed by atoms with E-state index in [1.54, 1.807) is 6.07 Å². The van der Waals surface area contributed by atoms with Crippen molar-refractivity contribution < 1.29 is 4.79 Å². The Morgan fingerprint density at radius 3 is 2.84 bits per heavy atom. The van der Waals surface area contributed by atoms with Gasteiger partial charge in [-0.1, -0.05) is 42.3 Å². The van der Waals surface area contributed by atoms with Gasteiger partial charge in [0.25, 0.3) is 0 Å². The van der Waals surface area contributed by atoms with E-state index >= 15 is 0 Å². The summed E-state index contributed by atoms with van der Waals surface area (Å²) >= 11 is 12.7. The predicted molar refractivity (Wildman–Crippen MR) is 105 cm³/mol. The lowest BCUT2D eigenvalue weighted by molar-refractivity contribution is -0.116. The molecule has 5 heteroatoms. The van der Waals surface area contributed by atoms with E-state index in [1.165, 1.54) is 5.56 Å². The molecular formula is C20H22Cl2N2O. The van der Waals surface area contributed by atoms with Crippen molar-refractivity contribution >= 4 is 34.8 Å². The molecule has 2 aromatic carbocycles. The van der Waals surface area contributed by atoms with Crippen molar-refractivity contribution in [2.24, 2.45) is 0 Å². The third-order valence-electron chi connectivity index (χ3n) is 4.54. The van der Waals surface area contributed by atoms with E-state index in [4.69, 9.17) is 23.2 Å². The average molecular weight is 377 g/mol. The molecule has 1 N–H and O–H groups in total. The summed E-state index contributed by atoms with van der Waals surface area (Å²) in [5, 5.41) is 4.35. The van der Waals surface area contributed by atoms with Gasteiger partial charge in [-0.05, 0) is 54.4 Å². The van der Waals surface area contributed by atoms with Gasteiger partial charge in [-0.2, -0.15) is 0 Å². The van der Waals surface area contributed by atoms with Gasteiger partial charge in [-0.3, -0.25) is 4.79 Å². The molecule has 25 heavy (non-hydrogen) atoms. The number of nitrogens with one attached hydrogen (secondary N) is 1. The molecule has 1 atom stereocenters. The third kappa shape index (κ3) is 4.17. The van der Waals surface area contributed by atoms with Crippen LogP contribution in [0.2, 0.25) is 10.0 Å². The average Bonchev–Trinajstić information content (AvgIpc) is 2.55. The number of carbonyl (C=O) groups excluding carboxylic acids is 1. The van der Waals surface area contributed by atoms with Crippen LogP contribution in [0.15, 0.2) is 36.4 Å². The van der Waals surface area contributed by atoms with Crippen molar-refractivity contribution in [3.63, 3.8) is 0 Å². The number of benzene rings is 2. The number of halogens is 2. The highest BCUT2D eigenvalue weighted by atomic mass is 35.5. The maximum atomic E-state index is 11.9. The Hall–Kier alpha value is -1.55. The Balaban J connectivity index is 1.96. The van der Waals surface area contributed by atoms with E-state index in [1.807, 2.05) is 25.1 Å². The summed E-state index contributed by atoms with van der Waals surface area (Å²) in [6, 6.07) is 11.9. The molecule has 1 aliphatic rings. The molecule has 1 amide bonds. The van der Waals surface area contributed by atoms with E-state index in [-0.39, 0.29) is 11.8 Å². The number of rotatable bonds is 4. The monoisotopic (exact) mass is 376 g/mol. The number of hydrogen-bond donors (Lipinski definition) is 1. The first kappa shape index (κ1) is 18.2. The summed E-state index contributed by atoms with van der Waals surface area (Å²) < 4.78 is 0. The second kappa shape index (κ2) is 7.77. The van der Waals surface area contributed by atoms with E-state index in [0.29, 0.717) is 16.5 Å². The van der Waals surface area contributed by atoms with Gasteiger partial charge in [0, 0.05) is 41.2 Å². The highest BCUT2D eigenvalue weighted by Gasteiger charge is 2.27. The summed E-state index contributed by atoms with van der Waals surface area (Å²) in [5.41, 5.74) is 4.29. The molecule has 0 radical (unpaired) electrons. The molecule has 0 saturated carbocycles. The van der Waals surface area contributed by atoms with Crippen molar-refractivity contribution in [1.82, 2.24) is 4.90 Å². The van der Waals surface area contributed by atoms with Gasteiger partial charge in [-0.25, -0.2) is 0 Å². The lowest BCUT2D eigenvalue weighted by Gasteiger charge is -2.33. The summed E-state index contributed by atoms with van der Waals surface area (Å²) in [7, 11) is 2.09. The lowest BCUT2D eigenvalue weighted by atomic mass is 9.84. The Kier molecular flexibility index (Phi) is 5.67. The number of nitrogens with zero attached hydrogens (tertiary/aromatic N) is 1. The first-order valence-corrected chi connectivity index (χ1v) is 9.29.